The lowest BCUT2D eigenvalue weighted by Crippen LogP contribution is -2.07. The molecule has 0 atom stereocenters. The monoisotopic (exact) mass is 330 g/mol. The van der Waals surface area contributed by atoms with Crippen molar-refractivity contribution in [3.05, 3.63) is 72.5 Å². The number of benzene rings is 3. The summed E-state index contributed by atoms with van der Waals surface area (Å²) in [5.41, 5.74) is 2.82. The third-order valence-corrected chi connectivity index (χ3v) is 4.33. The van der Waals surface area contributed by atoms with E-state index >= 15 is 0 Å². The third-order valence-electron chi connectivity index (χ3n) is 4.33. The molecule has 0 bridgehead atoms. The van der Waals surface area contributed by atoms with Crippen LogP contribution in [0.15, 0.2) is 71.1 Å². The summed E-state index contributed by atoms with van der Waals surface area (Å²) in [4.78, 5) is 12.1. The molecule has 0 aliphatic heterocycles. The molecule has 0 fully saturated rings. The molecule has 124 valence electrons. The second-order valence-electron chi connectivity index (χ2n) is 5.91. The second-order valence-corrected chi connectivity index (χ2v) is 5.91. The Balaban J connectivity index is 1.98. The normalized spacial score (nSPS) is 11.1. The molecule has 1 heterocycles. The quantitative estimate of drug-likeness (QED) is 0.473. The molecule has 3 aromatic carbocycles. The van der Waals surface area contributed by atoms with Crippen molar-refractivity contribution in [1.82, 2.24) is 0 Å². The van der Waals surface area contributed by atoms with Gasteiger partial charge in [0.05, 0.1) is 6.61 Å². The first-order valence-electron chi connectivity index (χ1n) is 8.42. The lowest BCUT2D eigenvalue weighted by atomic mass is 9.99. The number of carbonyl (C=O) groups is 1. The van der Waals surface area contributed by atoms with Crippen LogP contribution in [0.4, 0.5) is 0 Å². The fraction of sp³-hybridized carbons (Fsp3) is 0.136. The summed E-state index contributed by atoms with van der Waals surface area (Å²) in [5, 5.41) is 3.18. The number of furan rings is 1. The van der Waals surface area contributed by atoms with Crippen LogP contribution in [0.2, 0.25) is 0 Å². The molecular weight excluding hydrogens is 312 g/mol. The first-order chi connectivity index (χ1) is 12.3. The van der Waals surface area contributed by atoms with Gasteiger partial charge in [0, 0.05) is 16.3 Å². The number of fused-ring (bicyclic) bond motifs is 3. The number of carbonyl (C=O) groups excluding carboxylic acids is 1. The van der Waals surface area contributed by atoms with Crippen LogP contribution in [-0.4, -0.2) is 12.6 Å². The Hall–Kier alpha value is -3.07. The molecular formula is C22H18O3. The topological polar surface area (TPSA) is 39.4 Å². The lowest BCUT2D eigenvalue weighted by Gasteiger charge is -2.04. The predicted molar refractivity (Wildman–Crippen MR) is 99.5 cm³/mol. The van der Waals surface area contributed by atoms with Crippen molar-refractivity contribution in [2.24, 2.45) is 0 Å². The number of rotatable bonds is 4. The number of hydrogen-bond acceptors (Lipinski definition) is 3. The first-order valence-corrected chi connectivity index (χ1v) is 8.42. The minimum Gasteiger partial charge on any atom is -0.466 e. The van der Waals surface area contributed by atoms with Crippen molar-refractivity contribution in [3.8, 4) is 11.1 Å². The van der Waals surface area contributed by atoms with E-state index in [9.17, 15) is 4.79 Å². The molecule has 0 N–H and O–H groups in total. The van der Waals surface area contributed by atoms with E-state index in [1.807, 2.05) is 55.5 Å². The van der Waals surface area contributed by atoms with Crippen molar-refractivity contribution in [2.45, 2.75) is 13.3 Å². The molecule has 0 radical (unpaired) electrons. The predicted octanol–water partition coefficient (Wildman–Crippen LogP) is 5.36. The van der Waals surface area contributed by atoms with Crippen LogP contribution < -0.4 is 0 Å². The van der Waals surface area contributed by atoms with Crippen LogP contribution in [0.1, 0.15) is 12.7 Å². The maximum Gasteiger partial charge on any atom is 0.313 e. The van der Waals surface area contributed by atoms with Crippen LogP contribution in [-0.2, 0) is 16.0 Å². The molecule has 0 spiro atoms. The van der Waals surface area contributed by atoms with Crippen LogP contribution >= 0.6 is 0 Å². The van der Waals surface area contributed by atoms with Crippen LogP contribution in [0.3, 0.4) is 0 Å². The molecule has 3 nitrogen and oxygen atoms in total. The van der Waals surface area contributed by atoms with E-state index < -0.39 is 0 Å². The van der Waals surface area contributed by atoms with Crippen LogP contribution in [0, 0.1) is 0 Å². The van der Waals surface area contributed by atoms with Gasteiger partial charge < -0.3 is 9.15 Å². The van der Waals surface area contributed by atoms with Gasteiger partial charge in [0.15, 0.2) is 0 Å². The summed E-state index contributed by atoms with van der Waals surface area (Å²) in [5.74, 6) is 0.374. The van der Waals surface area contributed by atoms with Gasteiger partial charge in [-0.2, -0.15) is 0 Å². The molecule has 25 heavy (non-hydrogen) atoms. The standard InChI is InChI=1S/C22H18O3/c1-2-24-20(23)14-19-21(16-9-4-3-5-10-16)18-13-12-15-8-6-7-11-17(15)22(18)25-19/h3-13H,2,14H2,1H3. The van der Waals surface area contributed by atoms with E-state index in [2.05, 4.69) is 18.2 Å². The van der Waals surface area contributed by atoms with Crippen molar-refractivity contribution in [2.75, 3.05) is 6.61 Å². The SMILES string of the molecule is CCOC(=O)Cc1oc2c(ccc3ccccc32)c1-c1ccccc1. The van der Waals surface area contributed by atoms with Gasteiger partial charge >= 0.3 is 5.97 Å². The Morgan fingerprint density at radius 2 is 1.68 bits per heavy atom. The number of esters is 1. The lowest BCUT2D eigenvalue weighted by molar-refractivity contribution is -0.142. The molecule has 1 aromatic heterocycles. The zero-order valence-corrected chi connectivity index (χ0v) is 14.0. The maximum atomic E-state index is 12.1. The molecule has 0 aliphatic rings. The van der Waals surface area contributed by atoms with Crippen molar-refractivity contribution < 1.29 is 13.9 Å². The van der Waals surface area contributed by atoms with Crippen LogP contribution in [0.25, 0.3) is 32.9 Å². The first kappa shape index (κ1) is 15.5. The molecule has 0 saturated heterocycles. The maximum absolute atomic E-state index is 12.1. The Bertz CT molecular complexity index is 1040. The zero-order valence-electron chi connectivity index (χ0n) is 14.0. The average Bonchev–Trinajstić information content (AvgIpc) is 3.01. The van der Waals surface area contributed by atoms with E-state index in [1.54, 1.807) is 0 Å². The summed E-state index contributed by atoms with van der Waals surface area (Å²) in [6.45, 7) is 2.17. The summed E-state index contributed by atoms with van der Waals surface area (Å²) < 4.78 is 11.3. The van der Waals surface area contributed by atoms with Gasteiger partial charge in [0.25, 0.3) is 0 Å². The van der Waals surface area contributed by atoms with Gasteiger partial charge in [-0.05, 0) is 23.9 Å². The van der Waals surface area contributed by atoms with Gasteiger partial charge in [0.1, 0.15) is 17.8 Å². The minimum absolute atomic E-state index is 0.126. The Morgan fingerprint density at radius 1 is 0.920 bits per heavy atom. The highest BCUT2D eigenvalue weighted by Crippen LogP contribution is 2.38. The largest absolute Gasteiger partial charge is 0.466 e. The zero-order chi connectivity index (χ0) is 17.2. The highest BCUT2D eigenvalue weighted by atomic mass is 16.5. The van der Waals surface area contributed by atoms with Gasteiger partial charge in [-0.3, -0.25) is 4.79 Å². The van der Waals surface area contributed by atoms with Gasteiger partial charge in [-0.1, -0.05) is 60.7 Å². The second kappa shape index (κ2) is 6.44. The number of ether oxygens (including phenoxy) is 1. The fourth-order valence-electron chi connectivity index (χ4n) is 3.26. The van der Waals surface area contributed by atoms with E-state index in [4.69, 9.17) is 9.15 Å². The number of hydrogen-bond donors (Lipinski definition) is 0. The summed E-state index contributed by atoms with van der Waals surface area (Å²) in [7, 11) is 0. The molecule has 3 heteroatoms. The fourth-order valence-corrected chi connectivity index (χ4v) is 3.26. The van der Waals surface area contributed by atoms with Gasteiger partial charge in [-0.25, -0.2) is 0 Å². The molecule has 0 aliphatic carbocycles. The highest BCUT2D eigenvalue weighted by Gasteiger charge is 2.20. The van der Waals surface area contributed by atoms with Gasteiger partial charge in [-0.15, -0.1) is 0 Å². The molecule has 0 unspecified atom stereocenters. The van der Waals surface area contributed by atoms with Crippen LogP contribution in [0.5, 0.6) is 0 Å². The Kier molecular flexibility index (Phi) is 3.98. The minimum atomic E-state index is -0.275. The van der Waals surface area contributed by atoms with E-state index in [1.165, 1.54) is 0 Å². The Labute approximate surface area is 145 Å². The summed E-state index contributed by atoms with van der Waals surface area (Å²) >= 11 is 0. The third kappa shape index (κ3) is 2.78. The van der Waals surface area contributed by atoms with Gasteiger partial charge in [0.2, 0.25) is 0 Å². The van der Waals surface area contributed by atoms with Crippen molar-refractivity contribution >= 4 is 27.7 Å². The molecule has 4 aromatic rings. The highest BCUT2D eigenvalue weighted by molar-refractivity contribution is 6.10. The Morgan fingerprint density at radius 3 is 2.48 bits per heavy atom. The molecule has 0 saturated carbocycles. The van der Waals surface area contributed by atoms with Crippen molar-refractivity contribution in [3.63, 3.8) is 0 Å². The average molecular weight is 330 g/mol. The smallest absolute Gasteiger partial charge is 0.313 e. The van der Waals surface area contributed by atoms with E-state index in [0.717, 1.165) is 32.9 Å². The van der Waals surface area contributed by atoms with E-state index in [0.29, 0.717) is 12.4 Å². The summed E-state index contributed by atoms with van der Waals surface area (Å²) in [6, 6.07) is 22.3. The van der Waals surface area contributed by atoms with Crippen molar-refractivity contribution in [1.29, 1.82) is 0 Å². The molecule has 0 amide bonds. The summed E-state index contributed by atoms with van der Waals surface area (Å²) in [6.07, 6.45) is 0.126. The molecule has 4 rings (SSSR count). The van der Waals surface area contributed by atoms with E-state index in [-0.39, 0.29) is 12.4 Å².